The monoisotopic (exact) mass is 712 g/mol. The Hall–Kier alpha value is -6.50. The zero-order valence-electron chi connectivity index (χ0n) is 32.2. The Bertz CT molecular complexity index is 3130. The smallest absolute Gasteiger partial charge is 0.0159 e. The van der Waals surface area contributed by atoms with E-state index in [1.54, 1.807) is 0 Å². The van der Waals surface area contributed by atoms with Gasteiger partial charge in [0.15, 0.2) is 0 Å². The minimum Gasteiger partial charge on any atom is -0.0616 e. The minimum atomic E-state index is -0.137. The Labute approximate surface area is 327 Å². The summed E-state index contributed by atoms with van der Waals surface area (Å²) in [4.78, 5) is 0. The first-order valence-electron chi connectivity index (χ1n) is 20.0. The van der Waals surface area contributed by atoms with Gasteiger partial charge in [0.05, 0.1) is 0 Å². The number of fused-ring (bicyclic) bond motifs is 15. The lowest BCUT2D eigenvalue weighted by atomic mass is 9.79. The Balaban J connectivity index is 1.12. The Morgan fingerprint density at radius 2 is 0.554 bits per heavy atom. The minimum absolute atomic E-state index is 0.137. The molecule has 0 radical (unpaired) electrons. The van der Waals surface area contributed by atoms with Gasteiger partial charge in [0.1, 0.15) is 0 Å². The molecule has 12 rings (SSSR count). The van der Waals surface area contributed by atoms with E-state index in [1.807, 2.05) is 0 Å². The first-order chi connectivity index (χ1) is 27.3. The fourth-order valence-corrected chi connectivity index (χ4v) is 10.9. The number of hydrogen-bond acceptors (Lipinski definition) is 0. The molecule has 56 heavy (non-hydrogen) atoms. The topological polar surface area (TPSA) is 0 Å². The predicted molar refractivity (Wildman–Crippen MR) is 240 cm³/mol. The molecule has 0 fully saturated rings. The third kappa shape index (κ3) is 4.04. The van der Waals surface area contributed by atoms with E-state index in [-0.39, 0.29) is 10.8 Å². The fraction of sp³-hybridized carbons (Fsp3) is 0.107. The molecular weight excluding hydrogens is 673 g/mol. The maximum absolute atomic E-state index is 2.53. The summed E-state index contributed by atoms with van der Waals surface area (Å²) in [6.45, 7) is 9.64. The molecule has 264 valence electrons. The molecule has 0 aromatic heterocycles. The molecule has 0 N–H and O–H groups in total. The summed E-state index contributed by atoms with van der Waals surface area (Å²) in [7, 11) is 0. The van der Waals surface area contributed by atoms with E-state index in [9.17, 15) is 0 Å². The predicted octanol–water partition coefficient (Wildman–Crippen LogP) is 15.4. The highest BCUT2D eigenvalue weighted by molar-refractivity contribution is 6.19. The molecule has 10 aromatic carbocycles. The van der Waals surface area contributed by atoms with E-state index >= 15 is 0 Å². The van der Waals surface area contributed by atoms with E-state index in [4.69, 9.17) is 0 Å². The summed E-state index contributed by atoms with van der Waals surface area (Å²) >= 11 is 0. The van der Waals surface area contributed by atoms with Crippen molar-refractivity contribution in [2.45, 2.75) is 38.5 Å². The molecule has 0 amide bonds. The maximum atomic E-state index is 2.53. The molecule has 0 heteroatoms. The fourth-order valence-electron chi connectivity index (χ4n) is 10.9. The van der Waals surface area contributed by atoms with Gasteiger partial charge in [-0.25, -0.2) is 0 Å². The molecule has 2 aliphatic carbocycles. The largest absolute Gasteiger partial charge is 0.0616 e. The van der Waals surface area contributed by atoms with Crippen LogP contribution in [-0.2, 0) is 10.8 Å². The van der Waals surface area contributed by atoms with Gasteiger partial charge in [-0.15, -0.1) is 0 Å². The van der Waals surface area contributed by atoms with Crippen molar-refractivity contribution < 1.29 is 0 Å². The van der Waals surface area contributed by atoms with Crippen LogP contribution in [-0.4, -0.2) is 0 Å². The molecular formula is C56H40. The van der Waals surface area contributed by atoms with Crippen molar-refractivity contribution in [2.75, 3.05) is 0 Å². The SMILES string of the molecule is CC1(C)c2ccc3ccccc3c2-c2c1cc(-c1ccc(-c3cc4c(c5ccccc35)-c3c(ccc5ccccc35)C4(C)C)c3ccccc13)c1ccccc21. The van der Waals surface area contributed by atoms with Crippen LogP contribution in [0.15, 0.2) is 170 Å². The molecule has 0 spiro atoms. The first-order valence-corrected chi connectivity index (χ1v) is 20.0. The Kier molecular flexibility index (Phi) is 6.28. The molecule has 0 aliphatic heterocycles. The highest BCUT2D eigenvalue weighted by atomic mass is 14.4. The van der Waals surface area contributed by atoms with Crippen LogP contribution >= 0.6 is 0 Å². The normalized spacial score (nSPS) is 14.7. The van der Waals surface area contributed by atoms with Crippen LogP contribution < -0.4 is 0 Å². The molecule has 0 unspecified atom stereocenters. The molecule has 0 saturated carbocycles. The summed E-state index contributed by atoms with van der Waals surface area (Å²) in [5.41, 5.74) is 16.1. The lowest BCUT2D eigenvalue weighted by Crippen LogP contribution is -2.15. The third-order valence-electron chi connectivity index (χ3n) is 13.6. The van der Waals surface area contributed by atoms with Crippen LogP contribution in [0, 0.1) is 0 Å². The van der Waals surface area contributed by atoms with Crippen molar-refractivity contribution in [1.29, 1.82) is 0 Å². The zero-order valence-corrected chi connectivity index (χ0v) is 32.2. The van der Waals surface area contributed by atoms with Gasteiger partial charge in [0, 0.05) is 10.8 Å². The second-order valence-corrected chi connectivity index (χ2v) is 17.2. The molecule has 0 nitrogen and oxygen atoms in total. The molecule has 2 aliphatic rings. The summed E-state index contributed by atoms with van der Waals surface area (Å²) in [5, 5.41) is 13.1. The van der Waals surface area contributed by atoms with Crippen LogP contribution in [0.4, 0.5) is 0 Å². The number of hydrogen-bond donors (Lipinski definition) is 0. The van der Waals surface area contributed by atoms with Crippen LogP contribution in [0.25, 0.3) is 98.4 Å². The lowest BCUT2D eigenvalue weighted by Gasteiger charge is -2.24. The molecule has 0 bridgehead atoms. The van der Waals surface area contributed by atoms with Crippen molar-refractivity contribution in [2.24, 2.45) is 0 Å². The summed E-state index contributed by atoms with van der Waals surface area (Å²) in [5.74, 6) is 0. The maximum Gasteiger partial charge on any atom is 0.0159 e. The van der Waals surface area contributed by atoms with Crippen LogP contribution in [0.2, 0.25) is 0 Å². The lowest BCUT2D eigenvalue weighted by molar-refractivity contribution is 0.661. The van der Waals surface area contributed by atoms with Crippen molar-refractivity contribution in [3.63, 3.8) is 0 Å². The second kappa shape index (κ2) is 11.1. The highest BCUT2D eigenvalue weighted by Crippen LogP contribution is 2.57. The van der Waals surface area contributed by atoms with Gasteiger partial charge < -0.3 is 0 Å². The first kappa shape index (κ1) is 31.8. The average molecular weight is 713 g/mol. The molecule has 0 atom stereocenters. The van der Waals surface area contributed by atoms with Crippen molar-refractivity contribution >= 4 is 53.9 Å². The quantitative estimate of drug-likeness (QED) is 0.167. The van der Waals surface area contributed by atoms with E-state index in [2.05, 4.69) is 198 Å². The number of benzene rings is 10. The van der Waals surface area contributed by atoms with Crippen molar-refractivity contribution in [3.05, 3.63) is 192 Å². The van der Waals surface area contributed by atoms with Gasteiger partial charge >= 0.3 is 0 Å². The molecule has 0 heterocycles. The van der Waals surface area contributed by atoms with Crippen LogP contribution in [0.1, 0.15) is 49.9 Å². The van der Waals surface area contributed by atoms with Gasteiger partial charge in [0.25, 0.3) is 0 Å². The van der Waals surface area contributed by atoms with Crippen molar-refractivity contribution in [1.82, 2.24) is 0 Å². The third-order valence-corrected chi connectivity index (χ3v) is 13.6. The van der Waals surface area contributed by atoms with Gasteiger partial charge in [-0.05, 0) is 133 Å². The van der Waals surface area contributed by atoms with Crippen LogP contribution in [0.5, 0.6) is 0 Å². The van der Waals surface area contributed by atoms with Crippen molar-refractivity contribution in [3.8, 4) is 44.5 Å². The highest BCUT2D eigenvalue weighted by Gasteiger charge is 2.40. The van der Waals surface area contributed by atoms with Crippen LogP contribution in [0.3, 0.4) is 0 Å². The summed E-state index contributed by atoms with van der Waals surface area (Å²) < 4.78 is 0. The Morgan fingerprint density at radius 1 is 0.250 bits per heavy atom. The van der Waals surface area contributed by atoms with Gasteiger partial charge in [-0.2, -0.15) is 0 Å². The van der Waals surface area contributed by atoms with Gasteiger partial charge in [-0.3, -0.25) is 0 Å². The number of rotatable bonds is 2. The molecule has 10 aromatic rings. The zero-order chi connectivity index (χ0) is 37.5. The van der Waals surface area contributed by atoms with Gasteiger partial charge in [0.2, 0.25) is 0 Å². The second-order valence-electron chi connectivity index (χ2n) is 17.2. The Morgan fingerprint density at radius 3 is 0.946 bits per heavy atom. The standard InChI is InChI=1S/C56H40/c1-55(2)47-29-25-33-15-5-7-17-35(33)51(47)53-43-23-13-11-21-39(43)45(31-49(53)55)41-27-28-42(38-20-10-9-19-37(38)41)46-32-50-54(44-24-14-12-22-40(44)46)52-36-18-8-6-16-34(36)26-30-48(52)56(50,3)4/h5-32H,1-4H3. The van der Waals surface area contributed by atoms with E-state index in [0.717, 1.165) is 0 Å². The van der Waals surface area contributed by atoms with Gasteiger partial charge in [-0.1, -0.05) is 185 Å². The summed E-state index contributed by atoms with van der Waals surface area (Å²) in [6.07, 6.45) is 0. The summed E-state index contributed by atoms with van der Waals surface area (Å²) in [6, 6.07) is 64.3. The van der Waals surface area contributed by atoms with E-state index < -0.39 is 0 Å². The molecule has 0 saturated heterocycles. The van der Waals surface area contributed by atoms with E-state index in [0.29, 0.717) is 0 Å². The van der Waals surface area contributed by atoms with E-state index in [1.165, 1.54) is 121 Å². The average Bonchev–Trinajstić information content (AvgIpc) is 3.62.